The van der Waals surface area contributed by atoms with Gasteiger partial charge in [-0.2, -0.15) is 13.2 Å². The van der Waals surface area contributed by atoms with Crippen molar-refractivity contribution in [2.75, 3.05) is 6.61 Å². The highest BCUT2D eigenvalue weighted by atomic mass is 19.4. The number of benzene rings is 1. The Balaban J connectivity index is 2.87. The zero-order valence-electron chi connectivity index (χ0n) is 8.75. The average molecular weight is 262 g/mol. The van der Waals surface area contributed by atoms with E-state index in [9.17, 15) is 22.4 Å². The number of hydrogen-bond donors (Lipinski definition) is 0. The number of terminal acetylenes is 1. The first-order chi connectivity index (χ1) is 8.34. The number of carbonyl (C=O) groups is 1. The summed E-state index contributed by atoms with van der Waals surface area (Å²) in [6.45, 7) is -0.383. The van der Waals surface area contributed by atoms with Gasteiger partial charge in [0.1, 0.15) is 11.6 Å². The first kappa shape index (κ1) is 13.8. The quantitative estimate of drug-likeness (QED) is 0.356. The molecule has 0 atom stereocenters. The van der Waals surface area contributed by atoms with E-state index in [1.165, 1.54) is 0 Å². The van der Waals surface area contributed by atoms with E-state index in [-0.39, 0.29) is 6.61 Å². The SMILES string of the molecule is C#CCOC(=O)Oc1ccc(F)c(C(F)(F)F)c1. The number of hydrogen-bond acceptors (Lipinski definition) is 3. The molecule has 3 nitrogen and oxygen atoms in total. The molecule has 1 aromatic carbocycles. The molecule has 96 valence electrons. The van der Waals surface area contributed by atoms with Crippen LogP contribution >= 0.6 is 0 Å². The van der Waals surface area contributed by atoms with Crippen LogP contribution in [0.1, 0.15) is 5.56 Å². The Labute approximate surface area is 99.3 Å². The van der Waals surface area contributed by atoms with E-state index in [1.807, 2.05) is 5.92 Å². The lowest BCUT2D eigenvalue weighted by Crippen LogP contribution is -2.13. The number of ether oxygens (including phenoxy) is 2. The van der Waals surface area contributed by atoms with Crippen molar-refractivity contribution in [2.45, 2.75) is 6.18 Å². The van der Waals surface area contributed by atoms with E-state index < -0.39 is 29.5 Å². The Morgan fingerprint density at radius 3 is 2.61 bits per heavy atom. The second-order valence-electron chi connectivity index (χ2n) is 2.98. The van der Waals surface area contributed by atoms with Gasteiger partial charge in [-0.05, 0) is 18.2 Å². The third-order valence-corrected chi connectivity index (χ3v) is 1.72. The molecular formula is C11H6F4O3. The third-order valence-electron chi connectivity index (χ3n) is 1.72. The molecule has 0 saturated carbocycles. The highest BCUT2D eigenvalue weighted by Gasteiger charge is 2.34. The van der Waals surface area contributed by atoms with Crippen molar-refractivity contribution < 1.29 is 31.8 Å². The Hall–Kier alpha value is -2.23. The van der Waals surface area contributed by atoms with Gasteiger partial charge in [-0.1, -0.05) is 5.92 Å². The van der Waals surface area contributed by atoms with Gasteiger partial charge in [-0.15, -0.1) is 6.42 Å². The van der Waals surface area contributed by atoms with Crippen molar-refractivity contribution in [3.8, 4) is 18.1 Å². The van der Waals surface area contributed by atoms with E-state index >= 15 is 0 Å². The normalized spacial score (nSPS) is 10.6. The summed E-state index contributed by atoms with van der Waals surface area (Å²) in [5.41, 5.74) is -1.54. The first-order valence-electron chi connectivity index (χ1n) is 4.49. The maximum atomic E-state index is 12.9. The summed E-state index contributed by atoms with van der Waals surface area (Å²) >= 11 is 0. The van der Waals surface area contributed by atoms with Gasteiger partial charge in [-0.3, -0.25) is 0 Å². The molecule has 7 heteroatoms. The lowest BCUT2D eigenvalue weighted by atomic mass is 10.2. The van der Waals surface area contributed by atoms with Crippen LogP contribution < -0.4 is 4.74 Å². The fourth-order valence-electron chi connectivity index (χ4n) is 1.01. The lowest BCUT2D eigenvalue weighted by Gasteiger charge is -2.09. The Morgan fingerprint density at radius 1 is 1.39 bits per heavy atom. The molecule has 0 fully saturated rings. The summed E-state index contributed by atoms with van der Waals surface area (Å²) in [6, 6.07) is 1.75. The van der Waals surface area contributed by atoms with Gasteiger partial charge >= 0.3 is 12.3 Å². The smallest absolute Gasteiger partial charge is 0.421 e. The molecule has 1 rings (SSSR count). The molecule has 18 heavy (non-hydrogen) atoms. The molecule has 0 amide bonds. The Bertz CT molecular complexity index is 488. The second-order valence-corrected chi connectivity index (χ2v) is 2.98. The van der Waals surface area contributed by atoms with Crippen LogP contribution in [0.5, 0.6) is 5.75 Å². The Kier molecular flexibility index (Phi) is 4.15. The van der Waals surface area contributed by atoms with E-state index in [4.69, 9.17) is 6.42 Å². The van der Waals surface area contributed by atoms with E-state index in [0.29, 0.717) is 12.1 Å². The van der Waals surface area contributed by atoms with Gasteiger partial charge in [0.15, 0.2) is 6.61 Å². The molecule has 0 saturated heterocycles. The summed E-state index contributed by atoms with van der Waals surface area (Å²) in [5.74, 6) is 0.00552. The van der Waals surface area contributed by atoms with Crippen molar-refractivity contribution in [1.82, 2.24) is 0 Å². The van der Waals surface area contributed by atoms with Crippen molar-refractivity contribution in [3.05, 3.63) is 29.6 Å². The van der Waals surface area contributed by atoms with Gasteiger partial charge in [0.2, 0.25) is 0 Å². The highest BCUT2D eigenvalue weighted by molar-refractivity contribution is 5.64. The van der Waals surface area contributed by atoms with E-state index in [2.05, 4.69) is 9.47 Å². The van der Waals surface area contributed by atoms with Crippen molar-refractivity contribution in [2.24, 2.45) is 0 Å². The largest absolute Gasteiger partial charge is 0.514 e. The van der Waals surface area contributed by atoms with Crippen LogP contribution in [0.25, 0.3) is 0 Å². The zero-order chi connectivity index (χ0) is 13.8. The number of carbonyl (C=O) groups excluding carboxylic acids is 1. The van der Waals surface area contributed by atoms with Gasteiger partial charge in [0, 0.05) is 0 Å². The van der Waals surface area contributed by atoms with Gasteiger partial charge in [0.25, 0.3) is 0 Å². The monoisotopic (exact) mass is 262 g/mol. The lowest BCUT2D eigenvalue weighted by molar-refractivity contribution is -0.140. The van der Waals surface area contributed by atoms with Gasteiger partial charge < -0.3 is 9.47 Å². The second kappa shape index (κ2) is 5.40. The summed E-state index contributed by atoms with van der Waals surface area (Å²) in [5, 5.41) is 0. The highest BCUT2D eigenvalue weighted by Crippen LogP contribution is 2.33. The van der Waals surface area contributed by atoms with E-state index in [1.54, 1.807) is 0 Å². The Morgan fingerprint density at radius 2 is 2.06 bits per heavy atom. The van der Waals surface area contributed by atoms with Crippen LogP contribution in [-0.2, 0) is 10.9 Å². The zero-order valence-corrected chi connectivity index (χ0v) is 8.75. The molecule has 1 aromatic rings. The molecule has 0 radical (unpaired) electrons. The van der Waals surface area contributed by atoms with Gasteiger partial charge in [0.05, 0.1) is 5.56 Å². The topological polar surface area (TPSA) is 35.5 Å². The van der Waals surface area contributed by atoms with Crippen LogP contribution in [-0.4, -0.2) is 12.8 Å². The number of rotatable bonds is 2. The molecule has 0 aliphatic rings. The molecule has 0 aromatic heterocycles. The summed E-state index contributed by atoms with van der Waals surface area (Å²) < 4.78 is 58.5. The standard InChI is InChI=1S/C11H6F4O3/c1-2-5-17-10(16)18-7-3-4-9(12)8(6-7)11(13,14)15/h1,3-4,6H,5H2. The molecule has 0 unspecified atom stereocenters. The summed E-state index contributed by atoms with van der Waals surface area (Å²) in [7, 11) is 0. The van der Waals surface area contributed by atoms with Crippen LogP contribution in [0.15, 0.2) is 18.2 Å². The molecule has 0 heterocycles. The van der Waals surface area contributed by atoms with Crippen LogP contribution in [0, 0.1) is 18.2 Å². The van der Waals surface area contributed by atoms with Crippen molar-refractivity contribution in [1.29, 1.82) is 0 Å². The minimum Gasteiger partial charge on any atom is -0.421 e. The minimum atomic E-state index is -4.88. The van der Waals surface area contributed by atoms with E-state index in [0.717, 1.165) is 6.07 Å². The predicted molar refractivity (Wildman–Crippen MR) is 52.2 cm³/mol. The average Bonchev–Trinajstić information content (AvgIpc) is 2.27. The summed E-state index contributed by atoms with van der Waals surface area (Å²) in [6.07, 6.45) is -1.36. The molecule has 0 bridgehead atoms. The number of halogens is 4. The predicted octanol–water partition coefficient (Wildman–Crippen LogP) is 2.99. The number of alkyl halides is 3. The first-order valence-corrected chi connectivity index (χ1v) is 4.49. The maximum absolute atomic E-state index is 12.9. The fraction of sp³-hybridized carbons (Fsp3) is 0.182. The van der Waals surface area contributed by atoms with Crippen LogP contribution in [0.2, 0.25) is 0 Å². The van der Waals surface area contributed by atoms with Crippen LogP contribution in [0.4, 0.5) is 22.4 Å². The van der Waals surface area contributed by atoms with Crippen molar-refractivity contribution >= 4 is 6.16 Å². The maximum Gasteiger partial charge on any atom is 0.514 e. The minimum absolute atomic E-state index is 0.354. The fourth-order valence-corrected chi connectivity index (χ4v) is 1.01. The molecule has 0 aliphatic carbocycles. The van der Waals surface area contributed by atoms with Crippen molar-refractivity contribution in [3.63, 3.8) is 0 Å². The molecule has 0 aliphatic heterocycles. The molecular weight excluding hydrogens is 256 g/mol. The third kappa shape index (κ3) is 3.66. The summed E-state index contributed by atoms with van der Waals surface area (Å²) in [4.78, 5) is 10.9. The molecule has 0 N–H and O–H groups in total. The van der Waals surface area contributed by atoms with Crippen LogP contribution in [0.3, 0.4) is 0 Å². The molecule has 0 spiro atoms. The van der Waals surface area contributed by atoms with Gasteiger partial charge in [-0.25, -0.2) is 9.18 Å².